The first-order chi connectivity index (χ1) is 18.1. The summed E-state index contributed by atoms with van der Waals surface area (Å²) >= 11 is 7.67. The number of urea groups is 1. The van der Waals surface area contributed by atoms with Crippen molar-refractivity contribution < 1.29 is 29.0 Å². The van der Waals surface area contributed by atoms with E-state index in [-0.39, 0.29) is 18.0 Å². The highest BCUT2D eigenvalue weighted by atomic mass is 35.5. The van der Waals surface area contributed by atoms with Gasteiger partial charge >= 0.3 is 10.9 Å². The van der Waals surface area contributed by atoms with Gasteiger partial charge in [-0.3, -0.25) is 23.7 Å². The molecule has 0 spiro atoms. The molecule has 0 bridgehead atoms. The van der Waals surface area contributed by atoms with Gasteiger partial charge in [0.2, 0.25) is 11.8 Å². The summed E-state index contributed by atoms with van der Waals surface area (Å²) in [6.45, 7) is -0.356. The van der Waals surface area contributed by atoms with Gasteiger partial charge in [0.1, 0.15) is 11.8 Å². The molecule has 196 valence electrons. The number of anilines is 1. The number of phenols is 1. The molecule has 1 saturated heterocycles. The number of hydrogen-bond donors (Lipinski definition) is 3. The van der Waals surface area contributed by atoms with Gasteiger partial charge < -0.3 is 20.9 Å². The van der Waals surface area contributed by atoms with Crippen molar-refractivity contribution in [3.63, 3.8) is 0 Å². The molecule has 0 saturated carbocycles. The molecule has 2 aliphatic heterocycles. The average molecular weight is 575 g/mol. The number of amides is 5. The van der Waals surface area contributed by atoms with Gasteiger partial charge in [-0.1, -0.05) is 40.8 Å². The fourth-order valence-corrected chi connectivity index (χ4v) is 7.50. The summed E-state index contributed by atoms with van der Waals surface area (Å²) in [5.74, 6) is -3.98. The van der Waals surface area contributed by atoms with Crippen LogP contribution in [0.2, 0.25) is 5.02 Å². The van der Waals surface area contributed by atoms with Crippen LogP contribution in [-0.2, 0) is 20.9 Å². The van der Waals surface area contributed by atoms with E-state index in [1.165, 1.54) is 23.8 Å². The van der Waals surface area contributed by atoms with Crippen molar-refractivity contribution >= 4 is 64.1 Å². The molecule has 0 aliphatic carbocycles. The van der Waals surface area contributed by atoms with Crippen LogP contribution in [0, 0.1) is 5.92 Å². The van der Waals surface area contributed by atoms with Crippen molar-refractivity contribution in [2.75, 3.05) is 12.4 Å². The lowest BCUT2D eigenvalue weighted by atomic mass is 9.83. The molecule has 3 atom stereocenters. The number of nitrogens with two attached hydrogens (primary N) is 1. The molecule has 11 nitrogen and oxygen atoms in total. The lowest BCUT2D eigenvalue weighted by molar-refractivity contribution is -0.135. The summed E-state index contributed by atoms with van der Waals surface area (Å²) in [4.78, 5) is 64.6. The molecule has 1 aromatic heterocycles. The first-order valence-electron chi connectivity index (χ1n) is 11.1. The van der Waals surface area contributed by atoms with Gasteiger partial charge in [0.05, 0.1) is 18.1 Å². The number of carbonyl (C=O) groups is 4. The molecule has 14 heteroatoms. The summed E-state index contributed by atoms with van der Waals surface area (Å²) in [6.07, 6.45) is 0. The molecule has 4 N–H and O–H groups in total. The smallest absolute Gasteiger partial charge is 0.328 e. The lowest BCUT2D eigenvalue weighted by Crippen LogP contribution is -2.41. The van der Waals surface area contributed by atoms with E-state index >= 15 is 0 Å². The molecule has 2 aliphatic rings. The number of imide groups is 3. The molecule has 0 radical (unpaired) electrons. The second kappa shape index (κ2) is 9.82. The van der Waals surface area contributed by atoms with Gasteiger partial charge in [-0.25, -0.2) is 4.79 Å². The predicted molar refractivity (Wildman–Crippen MR) is 140 cm³/mol. The molecular formula is C24H19ClN4O7S2. The maximum Gasteiger partial charge on any atom is 0.328 e. The monoisotopic (exact) mass is 574 g/mol. The van der Waals surface area contributed by atoms with Gasteiger partial charge in [0.15, 0.2) is 11.5 Å². The quantitative estimate of drug-likeness (QED) is 0.392. The van der Waals surface area contributed by atoms with Crippen LogP contribution in [0.25, 0.3) is 0 Å². The van der Waals surface area contributed by atoms with Crippen molar-refractivity contribution in [1.29, 1.82) is 0 Å². The number of benzene rings is 2. The number of ether oxygens (including phenoxy) is 1. The van der Waals surface area contributed by atoms with Gasteiger partial charge in [0, 0.05) is 21.5 Å². The lowest BCUT2D eigenvalue weighted by Gasteiger charge is -2.30. The zero-order chi connectivity index (χ0) is 27.3. The van der Waals surface area contributed by atoms with Crippen molar-refractivity contribution in [2.45, 2.75) is 22.7 Å². The average Bonchev–Trinajstić information content (AvgIpc) is 3.32. The van der Waals surface area contributed by atoms with Gasteiger partial charge in [-0.2, -0.15) is 4.90 Å². The molecule has 5 amide bonds. The van der Waals surface area contributed by atoms with Crippen LogP contribution in [0.4, 0.5) is 10.5 Å². The third-order valence-corrected chi connectivity index (χ3v) is 9.12. The number of nitrogens with one attached hydrogen (secondary N) is 1. The highest BCUT2D eigenvalue weighted by Gasteiger charge is 2.58. The Balaban J connectivity index is 1.58. The Hall–Kier alpha value is -3.81. The molecule has 3 heterocycles. The minimum atomic E-state index is -1.19. The van der Waals surface area contributed by atoms with E-state index < -0.39 is 45.7 Å². The predicted octanol–water partition coefficient (Wildman–Crippen LogP) is 2.59. The van der Waals surface area contributed by atoms with Crippen LogP contribution < -0.4 is 20.7 Å². The first kappa shape index (κ1) is 25.8. The third-order valence-electron chi connectivity index (χ3n) is 6.26. The summed E-state index contributed by atoms with van der Waals surface area (Å²) in [7, 11) is 1.36. The zero-order valence-corrected chi connectivity index (χ0v) is 21.9. The Morgan fingerprint density at radius 2 is 1.84 bits per heavy atom. The Bertz CT molecular complexity index is 1550. The van der Waals surface area contributed by atoms with E-state index in [9.17, 15) is 29.1 Å². The van der Waals surface area contributed by atoms with E-state index in [4.69, 9.17) is 22.1 Å². The Labute approximate surface area is 228 Å². The van der Waals surface area contributed by atoms with Crippen LogP contribution in [0.5, 0.6) is 11.5 Å². The fraction of sp³-hybridized carbons (Fsp3) is 0.208. The number of thioether (sulfide) groups is 1. The minimum absolute atomic E-state index is 0.122. The molecule has 5 rings (SSSR count). The van der Waals surface area contributed by atoms with Crippen molar-refractivity contribution in [1.82, 2.24) is 9.47 Å². The maximum absolute atomic E-state index is 13.3. The normalized spacial score (nSPS) is 20.2. The van der Waals surface area contributed by atoms with Gasteiger partial charge in [-0.15, -0.1) is 0 Å². The third kappa shape index (κ3) is 4.31. The topological polar surface area (TPSA) is 161 Å². The van der Waals surface area contributed by atoms with Gasteiger partial charge in [-0.05, 0) is 42.0 Å². The first-order valence-corrected chi connectivity index (χ1v) is 13.2. The van der Waals surface area contributed by atoms with E-state index in [1.807, 2.05) is 0 Å². The van der Waals surface area contributed by atoms with E-state index in [2.05, 4.69) is 5.32 Å². The molecule has 3 aromatic rings. The number of methoxy groups -OCH3 is 1. The number of nitrogens with zero attached hydrogens (tertiary/aromatic N) is 2. The standard InChI is InChI=1S/C24H19ClN4O7S2/c1-36-14-8-10(2-7-13(14)30)16-17-18(21(33)29(20(17)32)23(26)34)37-22-19(16)38-24(35)28(22)9-15(31)27-12-5-3-11(25)4-6-12/h2-8,16-18,30H,9H2,1H3,(H2,26,34)(H,27,31)/t16-,17+,18-/m0/s1. The molecule has 38 heavy (non-hydrogen) atoms. The molecule has 1 fully saturated rings. The number of phenolic OH excluding ortho intramolecular Hbond substituents is 1. The summed E-state index contributed by atoms with van der Waals surface area (Å²) in [5.41, 5.74) is 6.29. The van der Waals surface area contributed by atoms with Gasteiger partial charge in [0.25, 0.3) is 5.91 Å². The molecule has 0 unspecified atom stereocenters. The molecule has 2 aromatic carbocycles. The van der Waals surface area contributed by atoms with Crippen LogP contribution in [0.3, 0.4) is 0 Å². The largest absolute Gasteiger partial charge is 0.504 e. The highest BCUT2D eigenvalue weighted by molar-refractivity contribution is 8.00. The number of rotatable bonds is 5. The number of hydrogen-bond acceptors (Lipinski definition) is 9. The second-order valence-electron chi connectivity index (χ2n) is 8.50. The summed E-state index contributed by atoms with van der Waals surface area (Å²) in [6, 6.07) is 9.67. The van der Waals surface area contributed by atoms with Crippen molar-refractivity contribution in [3.05, 3.63) is 67.6 Å². The van der Waals surface area contributed by atoms with E-state index in [0.717, 1.165) is 23.1 Å². The number of fused-ring (bicyclic) bond motifs is 2. The minimum Gasteiger partial charge on any atom is -0.504 e. The van der Waals surface area contributed by atoms with Crippen molar-refractivity contribution in [2.24, 2.45) is 11.7 Å². The second-order valence-corrected chi connectivity index (χ2v) is 11.1. The summed E-state index contributed by atoms with van der Waals surface area (Å²) in [5, 5.41) is 12.5. The van der Waals surface area contributed by atoms with E-state index in [0.29, 0.717) is 31.1 Å². The number of likely N-dealkylation sites (tertiary alicyclic amines) is 1. The number of thiazole rings is 1. The van der Waals surface area contributed by atoms with Crippen molar-refractivity contribution in [3.8, 4) is 11.5 Å². The number of carbonyl (C=O) groups excluding carboxylic acids is 4. The zero-order valence-electron chi connectivity index (χ0n) is 19.5. The summed E-state index contributed by atoms with van der Waals surface area (Å²) < 4.78 is 6.45. The highest BCUT2D eigenvalue weighted by Crippen LogP contribution is 2.53. The van der Waals surface area contributed by atoms with E-state index in [1.54, 1.807) is 30.3 Å². The van der Waals surface area contributed by atoms with Crippen LogP contribution in [0.15, 0.2) is 52.3 Å². The number of aromatic nitrogens is 1. The fourth-order valence-electron chi connectivity index (χ4n) is 4.60. The number of primary amides is 1. The Kier molecular flexibility index (Phi) is 6.67. The Morgan fingerprint density at radius 3 is 2.50 bits per heavy atom. The van der Waals surface area contributed by atoms with Crippen LogP contribution in [0.1, 0.15) is 16.4 Å². The maximum atomic E-state index is 13.3. The SMILES string of the molecule is COc1cc([C@@H]2c3sc(=O)n(CC(=O)Nc4ccc(Cl)cc4)c3S[C@@H]3C(=O)N(C(N)=O)C(=O)[C@H]23)ccc1O. The number of aromatic hydroxyl groups is 1. The molecular weight excluding hydrogens is 556 g/mol. The van der Waals surface area contributed by atoms with Crippen LogP contribution in [-0.4, -0.2) is 50.7 Å². The van der Waals surface area contributed by atoms with Crippen LogP contribution >= 0.6 is 34.7 Å². The number of halogens is 1. The Morgan fingerprint density at radius 1 is 1.13 bits per heavy atom.